The number of nitrogens with zero attached hydrogens (tertiary/aromatic N) is 1. The maximum absolute atomic E-state index is 13.6. The molecule has 0 bridgehead atoms. The molecule has 4 rings (SSSR count). The third kappa shape index (κ3) is 6.81. The maximum Gasteiger partial charge on any atom is 0.297 e. The van der Waals surface area contributed by atoms with E-state index in [1.165, 1.54) is 29.0 Å². The molecule has 1 aromatic carbocycles. The molecule has 12 heteroatoms. The summed E-state index contributed by atoms with van der Waals surface area (Å²) in [6.45, 7) is 9.48. The maximum atomic E-state index is 13.6. The van der Waals surface area contributed by atoms with Gasteiger partial charge in [-0.2, -0.15) is 8.42 Å². The van der Waals surface area contributed by atoms with Crippen molar-refractivity contribution in [2.75, 3.05) is 6.54 Å². The smallest absolute Gasteiger partial charge is 0.297 e. The van der Waals surface area contributed by atoms with Crippen LogP contribution in [0.4, 0.5) is 0 Å². The fourth-order valence-corrected chi connectivity index (χ4v) is 6.70. The lowest BCUT2D eigenvalue weighted by Crippen LogP contribution is -2.55. The van der Waals surface area contributed by atoms with Crippen molar-refractivity contribution < 1.29 is 27.0 Å². The number of nitrogens with one attached hydrogen (secondary N) is 2. The predicted octanol–water partition coefficient (Wildman–Crippen LogP) is 3.55. The summed E-state index contributed by atoms with van der Waals surface area (Å²) in [4.78, 5) is 41.2. The average molecular weight is 629 g/mol. The Bertz CT molecular complexity index is 1210. The molecule has 4 atom stereocenters. The molecular weight excluding hydrogens is 594 g/mol. The summed E-state index contributed by atoms with van der Waals surface area (Å²) in [5, 5.41) is 3.29. The summed E-state index contributed by atoms with van der Waals surface area (Å²) >= 11 is 4.65. The van der Waals surface area contributed by atoms with Crippen LogP contribution in [0.5, 0.6) is 0 Å². The van der Waals surface area contributed by atoms with Gasteiger partial charge in [-0.15, -0.1) is 6.58 Å². The number of amides is 3. The molecule has 3 fully saturated rings. The molecule has 1 saturated heterocycles. The minimum absolute atomic E-state index is 0.00917. The number of hydrogen-bond donors (Lipinski definition) is 2. The quantitative estimate of drug-likeness (QED) is 0.231. The van der Waals surface area contributed by atoms with Crippen molar-refractivity contribution in [3.63, 3.8) is 0 Å². The third-order valence-corrected chi connectivity index (χ3v) is 9.84. The van der Waals surface area contributed by atoms with E-state index >= 15 is 0 Å². The van der Waals surface area contributed by atoms with E-state index in [0.29, 0.717) is 11.7 Å². The molecule has 3 amide bonds. The number of carbonyl (C=O) groups is 3. The van der Waals surface area contributed by atoms with Crippen LogP contribution in [0, 0.1) is 11.3 Å². The largest absolute Gasteiger partial charge is 0.339 e. The highest BCUT2D eigenvalue weighted by molar-refractivity contribution is 9.10. The van der Waals surface area contributed by atoms with E-state index in [9.17, 15) is 22.8 Å². The highest BCUT2D eigenvalue weighted by Gasteiger charge is 2.61. The number of hydrogen-bond acceptors (Lipinski definition) is 7. The summed E-state index contributed by atoms with van der Waals surface area (Å²) < 4.78 is 34.9. The van der Waals surface area contributed by atoms with Crippen molar-refractivity contribution in [2.45, 2.75) is 80.7 Å². The van der Waals surface area contributed by atoms with E-state index < -0.39 is 33.7 Å². The van der Waals surface area contributed by atoms with Crippen LogP contribution < -0.4 is 10.0 Å². The van der Waals surface area contributed by atoms with Gasteiger partial charge in [-0.1, -0.05) is 42.8 Å². The van der Waals surface area contributed by atoms with Gasteiger partial charge in [0.2, 0.25) is 11.8 Å². The molecule has 2 unspecified atom stereocenters. The van der Waals surface area contributed by atoms with E-state index in [4.69, 9.17) is 4.18 Å². The van der Waals surface area contributed by atoms with Gasteiger partial charge in [0.15, 0.2) is 0 Å². The summed E-state index contributed by atoms with van der Waals surface area (Å²) in [6.07, 6.45) is 3.41. The predicted molar refractivity (Wildman–Crippen MR) is 148 cm³/mol. The summed E-state index contributed by atoms with van der Waals surface area (Å²) in [5.41, 5.74) is -1.46. The molecular formula is C26H34BrN3O6S2. The van der Waals surface area contributed by atoms with E-state index in [1.54, 1.807) is 18.2 Å². The first kappa shape index (κ1) is 29.1. The zero-order chi connectivity index (χ0) is 27.9. The second-order valence-electron chi connectivity index (χ2n) is 11.4. The van der Waals surface area contributed by atoms with Crippen molar-refractivity contribution in [3.8, 4) is 0 Å². The van der Waals surface area contributed by atoms with Crippen LogP contribution in [0.3, 0.4) is 0 Å². The van der Waals surface area contributed by atoms with Gasteiger partial charge in [0, 0.05) is 35.0 Å². The molecule has 2 saturated carbocycles. The Morgan fingerprint density at radius 3 is 2.45 bits per heavy atom. The average Bonchev–Trinajstić information content (AvgIpc) is 3.73. The van der Waals surface area contributed by atoms with Crippen LogP contribution in [0.1, 0.15) is 52.9 Å². The molecule has 2 aliphatic carbocycles. The third-order valence-electron chi connectivity index (χ3n) is 6.83. The van der Waals surface area contributed by atoms with Crippen molar-refractivity contribution >= 4 is 55.7 Å². The van der Waals surface area contributed by atoms with Gasteiger partial charge >= 0.3 is 0 Å². The van der Waals surface area contributed by atoms with E-state index in [0.717, 1.165) is 17.3 Å². The Labute approximate surface area is 236 Å². The monoisotopic (exact) mass is 627 g/mol. The SMILES string of the molecule is C=CC1C[C@]1(NC(=O)[C@@H]1CC(OS(=O)(=O)c2ccc(Br)cc2)CN1C(=O)CC(C)(C)C)C(=O)NSC1CC1. The number of halogens is 1. The van der Waals surface area contributed by atoms with Crippen molar-refractivity contribution in [1.29, 1.82) is 0 Å². The van der Waals surface area contributed by atoms with Gasteiger partial charge in [-0.3, -0.25) is 23.3 Å². The lowest BCUT2D eigenvalue weighted by Gasteiger charge is -2.29. The van der Waals surface area contributed by atoms with Crippen LogP contribution in [-0.2, 0) is 28.7 Å². The van der Waals surface area contributed by atoms with Crippen LogP contribution in [0.15, 0.2) is 46.3 Å². The second kappa shape index (κ2) is 10.9. The fraction of sp³-hybridized carbons (Fsp3) is 0.577. The van der Waals surface area contributed by atoms with Crippen LogP contribution in [0.25, 0.3) is 0 Å². The first-order valence-corrected chi connectivity index (χ1v) is 15.7. The molecule has 1 aromatic rings. The van der Waals surface area contributed by atoms with Gasteiger partial charge in [0.05, 0.1) is 11.0 Å². The van der Waals surface area contributed by atoms with Gasteiger partial charge in [0.1, 0.15) is 11.6 Å². The first-order valence-electron chi connectivity index (χ1n) is 12.6. The number of carbonyl (C=O) groups excluding carboxylic acids is 3. The van der Waals surface area contributed by atoms with Crippen molar-refractivity contribution in [1.82, 2.24) is 14.9 Å². The summed E-state index contributed by atoms with van der Waals surface area (Å²) in [5.74, 6) is -1.29. The van der Waals surface area contributed by atoms with Gasteiger partial charge in [-0.05, 0) is 60.9 Å². The summed E-state index contributed by atoms with van der Waals surface area (Å²) in [7, 11) is -4.12. The molecule has 0 radical (unpaired) electrons. The van der Waals surface area contributed by atoms with E-state index in [2.05, 4.69) is 32.5 Å². The zero-order valence-corrected chi connectivity index (χ0v) is 25.0. The number of rotatable bonds is 10. The van der Waals surface area contributed by atoms with Crippen LogP contribution >= 0.6 is 27.9 Å². The lowest BCUT2D eigenvalue weighted by atomic mass is 9.91. The first-order chi connectivity index (χ1) is 17.7. The highest BCUT2D eigenvalue weighted by Crippen LogP contribution is 2.46. The van der Waals surface area contributed by atoms with Crippen LogP contribution in [-0.4, -0.2) is 60.5 Å². The van der Waals surface area contributed by atoms with Gasteiger partial charge in [0.25, 0.3) is 16.0 Å². The van der Waals surface area contributed by atoms with E-state index in [-0.39, 0.29) is 47.4 Å². The minimum atomic E-state index is -4.12. The number of likely N-dealkylation sites (tertiary alicyclic amines) is 1. The van der Waals surface area contributed by atoms with Crippen molar-refractivity contribution in [2.24, 2.45) is 11.3 Å². The molecule has 38 heavy (non-hydrogen) atoms. The molecule has 0 spiro atoms. The van der Waals surface area contributed by atoms with Gasteiger partial charge in [-0.25, -0.2) is 0 Å². The normalized spacial score (nSPS) is 27.1. The zero-order valence-electron chi connectivity index (χ0n) is 21.7. The topological polar surface area (TPSA) is 122 Å². The van der Waals surface area contributed by atoms with Crippen LogP contribution in [0.2, 0.25) is 0 Å². The molecule has 2 N–H and O–H groups in total. The van der Waals surface area contributed by atoms with Gasteiger partial charge < -0.3 is 10.2 Å². The van der Waals surface area contributed by atoms with E-state index in [1.807, 2.05) is 20.8 Å². The minimum Gasteiger partial charge on any atom is -0.339 e. The Kier molecular flexibility index (Phi) is 8.38. The molecule has 1 heterocycles. The second-order valence-corrected chi connectivity index (χ2v) is 15.0. The highest BCUT2D eigenvalue weighted by atomic mass is 79.9. The Morgan fingerprint density at radius 2 is 1.89 bits per heavy atom. The Morgan fingerprint density at radius 1 is 1.24 bits per heavy atom. The Hall–Kier alpha value is -1.89. The molecule has 208 valence electrons. The lowest BCUT2D eigenvalue weighted by molar-refractivity contribution is -0.141. The Balaban J connectivity index is 1.51. The molecule has 1 aliphatic heterocycles. The summed E-state index contributed by atoms with van der Waals surface area (Å²) in [6, 6.07) is 5.06. The molecule has 9 nitrogen and oxygen atoms in total. The molecule has 0 aromatic heterocycles. The standard InChI is InChI=1S/C26H34BrN3O6S2/c1-5-16-13-26(16,24(33)29-37-19-8-9-19)28-23(32)21-12-18(15-30(21)22(31)14-25(2,3)4)36-38(34,35)20-10-6-17(27)7-11-20/h5-7,10-11,16,18-19,21H,1,8-9,12-15H2,2-4H3,(H,28,32)(H,29,33)/t16?,18?,21-,26+/m0/s1. The number of benzene rings is 1. The fourth-order valence-electron chi connectivity index (χ4n) is 4.53. The van der Waals surface area contributed by atoms with Crippen molar-refractivity contribution in [3.05, 3.63) is 41.4 Å². The molecule has 3 aliphatic rings.